The molecule has 0 spiro atoms. The second-order valence-electron chi connectivity index (χ2n) is 19.6. The second kappa shape index (κ2) is 15.5. The van der Waals surface area contributed by atoms with E-state index in [9.17, 15) is 0 Å². The number of fused-ring (bicyclic) bond motifs is 11. The minimum absolute atomic E-state index is 0.0420. The predicted octanol–water partition coefficient (Wildman–Crippen LogP) is 12.9. The Labute approximate surface area is 424 Å². The Balaban J connectivity index is 1.04. The molecule has 12 aromatic rings. The van der Waals surface area contributed by atoms with E-state index in [2.05, 4.69) is 285 Å². The summed E-state index contributed by atoms with van der Waals surface area (Å²) < 4.78 is 2.45. The van der Waals surface area contributed by atoms with Crippen LogP contribution in [0.5, 0.6) is 0 Å². The lowest BCUT2D eigenvalue weighted by Gasteiger charge is -2.47. The highest BCUT2D eigenvalue weighted by molar-refractivity contribution is 7.03. The van der Waals surface area contributed by atoms with Crippen LogP contribution < -0.4 is 52.4 Å². The number of aromatic nitrogens is 1. The van der Waals surface area contributed by atoms with Gasteiger partial charge in [-0.05, 0) is 142 Å². The maximum atomic E-state index is 2.62. The smallest absolute Gasteiger partial charge is 0.252 e. The topological polar surface area (TPSA) is 17.9 Å². The molecule has 16 rings (SSSR count). The van der Waals surface area contributed by atoms with Gasteiger partial charge in [-0.15, -0.1) is 0 Å². The van der Waals surface area contributed by atoms with Crippen molar-refractivity contribution in [2.75, 3.05) is 19.6 Å². The van der Waals surface area contributed by atoms with Crippen molar-refractivity contribution in [2.45, 2.75) is 0 Å². The lowest BCUT2D eigenvalue weighted by molar-refractivity contribution is 1.18. The molecule has 0 N–H and O–H groups in total. The maximum absolute atomic E-state index is 2.62. The van der Waals surface area contributed by atoms with E-state index in [1.54, 1.807) is 0 Å². The van der Waals surface area contributed by atoms with Gasteiger partial charge < -0.3 is 24.2 Å². The predicted molar refractivity (Wildman–Crippen MR) is 309 cm³/mol. The van der Waals surface area contributed by atoms with Crippen LogP contribution in [-0.4, -0.2) is 18.0 Å². The van der Waals surface area contributed by atoms with Gasteiger partial charge in [-0.3, -0.25) is 0 Å². The molecular formula is C66H43B2N5. The van der Waals surface area contributed by atoms with E-state index >= 15 is 0 Å². The number of rotatable bonds is 5. The summed E-state index contributed by atoms with van der Waals surface area (Å²) in [6.45, 7) is -0.147. The van der Waals surface area contributed by atoms with Gasteiger partial charge >= 0.3 is 0 Å². The summed E-state index contributed by atoms with van der Waals surface area (Å²) in [7, 11) is 0. The van der Waals surface area contributed by atoms with E-state index in [0.717, 1.165) is 28.4 Å². The molecule has 338 valence electrons. The van der Waals surface area contributed by atoms with Crippen LogP contribution in [0.1, 0.15) is 0 Å². The molecule has 1 aromatic heterocycles. The molecular weight excluding hydrogens is 884 g/mol. The summed E-state index contributed by atoms with van der Waals surface area (Å²) in [6, 6.07) is 96.8. The fourth-order valence-corrected chi connectivity index (χ4v) is 13.0. The van der Waals surface area contributed by atoms with E-state index in [-0.39, 0.29) is 13.4 Å². The number of anilines is 12. The third-order valence-corrected chi connectivity index (χ3v) is 15.9. The molecule has 7 heteroatoms. The van der Waals surface area contributed by atoms with Crippen molar-refractivity contribution in [3.8, 4) is 5.69 Å². The number of hydrogen-bond acceptors (Lipinski definition) is 4. The van der Waals surface area contributed by atoms with Crippen LogP contribution in [0.3, 0.4) is 0 Å². The Kier molecular flexibility index (Phi) is 8.57. The first-order valence-electron chi connectivity index (χ1n) is 25.3. The summed E-state index contributed by atoms with van der Waals surface area (Å²) >= 11 is 0. The molecule has 4 aliphatic rings. The molecule has 0 aliphatic carbocycles. The average molecular weight is 928 g/mol. The summed E-state index contributed by atoms with van der Waals surface area (Å²) in [5.74, 6) is 0. The molecule has 73 heavy (non-hydrogen) atoms. The van der Waals surface area contributed by atoms with Crippen LogP contribution in [0.25, 0.3) is 27.5 Å². The monoisotopic (exact) mass is 927 g/mol. The molecule has 11 aromatic carbocycles. The molecule has 0 bridgehead atoms. The Hall–Kier alpha value is -9.45. The van der Waals surface area contributed by atoms with E-state index in [4.69, 9.17) is 0 Å². The zero-order valence-electron chi connectivity index (χ0n) is 39.7. The number of hydrogen-bond donors (Lipinski definition) is 0. The van der Waals surface area contributed by atoms with E-state index in [1.807, 2.05) is 0 Å². The Morgan fingerprint density at radius 1 is 0.219 bits per heavy atom. The van der Waals surface area contributed by atoms with Crippen molar-refractivity contribution in [3.63, 3.8) is 0 Å². The lowest BCUT2D eigenvalue weighted by atomic mass is 9.30. The van der Waals surface area contributed by atoms with Crippen molar-refractivity contribution in [3.05, 3.63) is 261 Å². The number of nitrogens with zero attached hydrogens (tertiary/aromatic N) is 5. The van der Waals surface area contributed by atoms with Crippen LogP contribution >= 0.6 is 0 Å². The van der Waals surface area contributed by atoms with Gasteiger partial charge in [0.25, 0.3) is 13.4 Å². The average Bonchev–Trinajstić information content (AvgIpc) is 3.79. The van der Waals surface area contributed by atoms with Gasteiger partial charge in [-0.25, -0.2) is 0 Å². The molecule has 0 saturated heterocycles. The highest BCUT2D eigenvalue weighted by atomic mass is 15.2. The van der Waals surface area contributed by atoms with Crippen LogP contribution in [0.15, 0.2) is 261 Å². The van der Waals surface area contributed by atoms with Crippen LogP contribution in [0.2, 0.25) is 0 Å². The molecule has 0 atom stereocenters. The SMILES string of the molecule is c1ccc(N2c3ccccc3B3c4cc5c(cc4N(c4ccccc4)c4cccc2c43)N(c2ccccc2)c2cccc3c2B5c2cc4c5ccccc5n(-c5ccccc5)c4cc2N3c2ccccc2)cc1. The minimum atomic E-state index is -0.105. The van der Waals surface area contributed by atoms with Crippen LogP contribution in [0.4, 0.5) is 68.2 Å². The normalized spacial score (nSPS) is 13.6. The molecule has 0 fully saturated rings. The van der Waals surface area contributed by atoms with Gasteiger partial charge in [0.05, 0.1) is 11.0 Å². The molecule has 4 aliphatic heterocycles. The first-order chi connectivity index (χ1) is 36.3. The van der Waals surface area contributed by atoms with Gasteiger partial charge in [0.1, 0.15) is 0 Å². The van der Waals surface area contributed by atoms with Crippen molar-refractivity contribution < 1.29 is 0 Å². The van der Waals surface area contributed by atoms with E-state index < -0.39 is 0 Å². The fraction of sp³-hybridized carbons (Fsp3) is 0. The van der Waals surface area contributed by atoms with Gasteiger partial charge in [0.2, 0.25) is 0 Å². The summed E-state index contributed by atoms with van der Waals surface area (Å²) in [4.78, 5) is 10.1. The van der Waals surface area contributed by atoms with Gasteiger partial charge in [0, 0.05) is 84.7 Å². The third kappa shape index (κ3) is 5.70. The number of benzene rings is 11. The third-order valence-electron chi connectivity index (χ3n) is 15.9. The van der Waals surface area contributed by atoms with Crippen molar-refractivity contribution >= 4 is 136 Å². The molecule has 0 radical (unpaired) electrons. The Morgan fingerprint density at radius 3 is 1.10 bits per heavy atom. The minimum Gasteiger partial charge on any atom is -0.311 e. The first-order valence-corrected chi connectivity index (χ1v) is 25.3. The van der Waals surface area contributed by atoms with Crippen molar-refractivity contribution in [2.24, 2.45) is 0 Å². The molecule has 0 amide bonds. The van der Waals surface area contributed by atoms with Gasteiger partial charge in [0.15, 0.2) is 0 Å². The fourth-order valence-electron chi connectivity index (χ4n) is 13.0. The first kappa shape index (κ1) is 40.3. The molecule has 5 nitrogen and oxygen atoms in total. The summed E-state index contributed by atoms with van der Waals surface area (Å²) in [6.07, 6.45) is 0. The Bertz CT molecular complexity index is 4180. The van der Waals surface area contributed by atoms with Gasteiger partial charge in [-0.1, -0.05) is 152 Å². The summed E-state index contributed by atoms with van der Waals surface area (Å²) in [5.41, 5.74) is 25.4. The highest BCUT2D eigenvalue weighted by Crippen LogP contribution is 2.49. The molecule has 0 unspecified atom stereocenters. The highest BCUT2D eigenvalue weighted by Gasteiger charge is 2.48. The largest absolute Gasteiger partial charge is 0.311 e. The zero-order valence-corrected chi connectivity index (χ0v) is 39.7. The summed E-state index contributed by atoms with van der Waals surface area (Å²) in [5, 5.41) is 2.49. The van der Waals surface area contributed by atoms with Crippen LogP contribution in [0, 0.1) is 0 Å². The van der Waals surface area contributed by atoms with Gasteiger partial charge in [-0.2, -0.15) is 0 Å². The molecule has 0 saturated carbocycles. The Morgan fingerprint density at radius 2 is 0.589 bits per heavy atom. The lowest BCUT2D eigenvalue weighted by Crippen LogP contribution is -2.65. The zero-order chi connectivity index (χ0) is 47.7. The molecule has 5 heterocycles. The van der Waals surface area contributed by atoms with E-state index in [1.165, 1.54) is 100 Å². The standard InChI is InChI=1S/C66H43B2N5/c1-6-22-44(23-7-1)69-55-34-18-16-32-49(55)50-40-52-62(42-61(50)69)71(46-26-10-3-11-27-46)59-38-21-39-60-66(59)68(52)54-41-53-63(43-64(54)73(60)48-30-14-5-15-31-48)72(47-28-12-4-13-29-47)58-37-20-36-57-65(58)67(53)51-33-17-19-35-56(51)70(57)45-24-8-2-9-25-45/h1-43H. The number of para-hydroxylation sites is 7. The quantitative estimate of drug-likeness (QED) is 0.160. The van der Waals surface area contributed by atoms with Crippen LogP contribution in [-0.2, 0) is 0 Å². The van der Waals surface area contributed by atoms with Crippen molar-refractivity contribution in [1.29, 1.82) is 0 Å². The second-order valence-corrected chi connectivity index (χ2v) is 19.6. The van der Waals surface area contributed by atoms with E-state index in [0.29, 0.717) is 0 Å². The maximum Gasteiger partial charge on any atom is 0.252 e. The van der Waals surface area contributed by atoms with Crippen molar-refractivity contribution in [1.82, 2.24) is 4.57 Å².